The van der Waals surface area contributed by atoms with Crippen LogP contribution in [0.2, 0.25) is 0 Å². The minimum absolute atomic E-state index is 0.00579. The first-order valence-corrected chi connectivity index (χ1v) is 6.53. The van der Waals surface area contributed by atoms with Gasteiger partial charge in [-0.1, -0.05) is 47.0 Å². The lowest BCUT2D eigenvalue weighted by Crippen LogP contribution is -2.49. The van der Waals surface area contributed by atoms with Gasteiger partial charge in [0.25, 0.3) is 0 Å². The first kappa shape index (κ1) is 15.4. The molecule has 0 aliphatic rings. The monoisotopic (exact) mass is 228 g/mol. The Kier molecular flexibility index (Phi) is 7.39. The lowest BCUT2D eigenvalue weighted by Gasteiger charge is -2.25. The number of rotatable bonds is 7. The highest BCUT2D eigenvalue weighted by Crippen LogP contribution is 2.13. The van der Waals surface area contributed by atoms with Gasteiger partial charge in [-0.2, -0.15) is 0 Å². The van der Waals surface area contributed by atoms with Gasteiger partial charge in [-0.05, 0) is 18.8 Å². The molecule has 0 fully saturated rings. The van der Waals surface area contributed by atoms with E-state index in [2.05, 4.69) is 33.0 Å². The molecule has 96 valence electrons. The molecule has 0 radical (unpaired) electrons. The summed E-state index contributed by atoms with van der Waals surface area (Å²) in [6.07, 6.45) is 3.13. The van der Waals surface area contributed by atoms with Gasteiger partial charge in [-0.3, -0.25) is 4.79 Å². The fourth-order valence-corrected chi connectivity index (χ4v) is 1.95. The molecule has 0 aliphatic heterocycles. The molecule has 0 aromatic carbocycles. The van der Waals surface area contributed by atoms with E-state index in [1.54, 1.807) is 0 Å². The van der Waals surface area contributed by atoms with Crippen LogP contribution < -0.4 is 11.1 Å². The van der Waals surface area contributed by atoms with E-state index < -0.39 is 0 Å². The molecule has 0 aromatic heterocycles. The van der Waals surface area contributed by atoms with E-state index in [-0.39, 0.29) is 23.9 Å². The molecule has 0 aliphatic carbocycles. The van der Waals surface area contributed by atoms with Crippen molar-refractivity contribution in [3.8, 4) is 0 Å². The average molecular weight is 228 g/mol. The molecule has 0 spiro atoms. The molecule has 16 heavy (non-hydrogen) atoms. The van der Waals surface area contributed by atoms with Crippen LogP contribution in [0.5, 0.6) is 0 Å². The molecule has 0 saturated carbocycles. The van der Waals surface area contributed by atoms with Gasteiger partial charge in [0.2, 0.25) is 5.91 Å². The van der Waals surface area contributed by atoms with Crippen molar-refractivity contribution < 1.29 is 4.79 Å². The van der Waals surface area contributed by atoms with Gasteiger partial charge in [-0.25, -0.2) is 0 Å². The normalized spacial score (nSPS) is 16.9. The molecule has 2 unspecified atom stereocenters. The molecule has 3 nitrogen and oxygen atoms in total. The highest BCUT2D eigenvalue weighted by Gasteiger charge is 2.22. The van der Waals surface area contributed by atoms with Gasteiger partial charge >= 0.3 is 0 Å². The molecule has 0 bridgehead atoms. The molecule has 0 saturated heterocycles. The first-order chi connectivity index (χ1) is 7.47. The summed E-state index contributed by atoms with van der Waals surface area (Å²) in [7, 11) is 0. The second-order valence-corrected chi connectivity index (χ2v) is 4.79. The Morgan fingerprint density at radius 1 is 1.12 bits per heavy atom. The van der Waals surface area contributed by atoms with Crippen molar-refractivity contribution in [2.75, 3.05) is 0 Å². The minimum atomic E-state index is -0.373. The Bertz CT molecular complexity index is 202. The van der Waals surface area contributed by atoms with Crippen molar-refractivity contribution in [2.45, 2.75) is 66.0 Å². The Morgan fingerprint density at radius 2 is 1.62 bits per heavy atom. The third kappa shape index (κ3) is 4.52. The first-order valence-electron chi connectivity index (χ1n) is 6.53. The number of carbonyl (C=O) groups is 1. The number of nitrogens with two attached hydrogens (primary N) is 1. The highest BCUT2D eigenvalue weighted by molar-refractivity contribution is 5.82. The number of carbonyl (C=O) groups excluding carboxylic acids is 1. The summed E-state index contributed by atoms with van der Waals surface area (Å²) in [5.74, 6) is 0.788. The Hall–Kier alpha value is -0.570. The van der Waals surface area contributed by atoms with Crippen LogP contribution in [0, 0.1) is 11.8 Å². The number of amides is 1. The molecule has 0 aromatic rings. The van der Waals surface area contributed by atoms with Gasteiger partial charge in [0, 0.05) is 6.04 Å². The topological polar surface area (TPSA) is 55.1 Å². The largest absolute Gasteiger partial charge is 0.352 e. The Balaban J connectivity index is 4.22. The maximum Gasteiger partial charge on any atom is 0.237 e. The van der Waals surface area contributed by atoms with Gasteiger partial charge in [-0.15, -0.1) is 0 Å². The second-order valence-electron chi connectivity index (χ2n) is 4.79. The fourth-order valence-electron chi connectivity index (χ4n) is 1.95. The van der Waals surface area contributed by atoms with E-state index in [9.17, 15) is 4.79 Å². The molecule has 0 heterocycles. The second kappa shape index (κ2) is 7.66. The predicted octanol–water partition coefficient (Wildman–Crippen LogP) is 2.30. The van der Waals surface area contributed by atoms with Crippen molar-refractivity contribution in [1.82, 2.24) is 5.32 Å². The molecule has 3 atom stereocenters. The number of hydrogen-bond donors (Lipinski definition) is 2. The van der Waals surface area contributed by atoms with Crippen LogP contribution in [0.3, 0.4) is 0 Å². The summed E-state index contributed by atoms with van der Waals surface area (Å²) < 4.78 is 0. The van der Waals surface area contributed by atoms with Gasteiger partial charge in [0.15, 0.2) is 0 Å². The number of nitrogens with one attached hydrogen (secondary N) is 1. The van der Waals surface area contributed by atoms with Crippen LogP contribution in [-0.4, -0.2) is 18.0 Å². The van der Waals surface area contributed by atoms with E-state index in [0.717, 1.165) is 19.3 Å². The van der Waals surface area contributed by atoms with Gasteiger partial charge in [0.05, 0.1) is 6.04 Å². The average Bonchev–Trinajstić information content (AvgIpc) is 2.28. The van der Waals surface area contributed by atoms with E-state index in [1.807, 2.05) is 6.92 Å². The third-order valence-corrected chi connectivity index (χ3v) is 3.69. The van der Waals surface area contributed by atoms with Crippen molar-refractivity contribution in [3.63, 3.8) is 0 Å². The smallest absolute Gasteiger partial charge is 0.237 e. The highest BCUT2D eigenvalue weighted by atomic mass is 16.2. The van der Waals surface area contributed by atoms with Crippen LogP contribution in [-0.2, 0) is 4.79 Å². The van der Waals surface area contributed by atoms with Crippen molar-refractivity contribution >= 4 is 5.91 Å². The minimum Gasteiger partial charge on any atom is -0.352 e. The van der Waals surface area contributed by atoms with Crippen molar-refractivity contribution in [2.24, 2.45) is 17.6 Å². The molecular formula is C13H28N2O. The van der Waals surface area contributed by atoms with E-state index in [1.165, 1.54) is 0 Å². The van der Waals surface area contributed by atoms with Crippen molar-refractivity contribution in [1.29, 1.82) is 0 Å². The summed E-state index contributed by atoms with van der Waals surface area (Å²) in [5, 5.41) is 3.03. The van der Waals surface area contributed by atoms with Crippen LogP contribution >= 0.6 is 0 Å². The maximum atomic E-state index is 11.9. The van der Waals surface area contributed by atoms with Crippen LogP contribution in [0.1, 0.15) is 53.9 Å². The third-order valence-electron chi connectivity index (χ3n) is 3.69. The van der Waals surface area contributed by atoms with E-state index >= 15 is 0 Å². The Labute approximate surface area is 100 Å². The zero-order valence-electron chi connectivity index (χ0n) is 11.4. The van der Waals surface area contributed by atoms with E-state index in [4.69, 9.17) is 5.73 Å². The summed E-state index contributed by atoms with van der Waals surface area (Å²) in [5.41, 5.74) is 5.89. The zero-order chi connectivity index (χ0) is 12.7. The summed E-state index contributed by atoms with van der Waals surface area (Å²) >= 11 is 0. The summed E-state index contributed by atoms with van der Waals surface area (Å²) in [6, 6.07) is -0.153. The van der Waals surface area contributed by atoms with Gasteiger partial charge < -0.3 is 11.1 Å². The van der Waals surface area contributed by atoms with Crippen LogP contribution in [0.15, 0.2) is 0 Å². The van der Waals surface area contributed by atoms with E-state index in [0.29, 0.717) is 5.92 Å². The molecule has 3 N–H and O–H groups in total. The zero-order valence-corrected chi connectivity index (χ0v) is 11.4. The SMILES string of the molecule is CCC(CC)C(C)NC(=O)[C@@H](N)C(C)CC. The lowest BCUT2D eigenvalue weighted by molar-refractivity contribution is -0.124. The predicted molar refractivity (Wildman–Crippen MR) is 69.1 cm³/mol. The van der Waals surface area contributed by atoms with Crippen molar-refractivity contribution in [3.05, 3.63) is 0 Å². The molecule has 3 heteroatoms. The summed E-state index contributed by atoms with van der Waals surface area (Å²) in [6.45, 7) is 10.5. The Morgan fingerprint density at radius 3 is 2.00 bits per heavy atom. The number of hydrogen-bond acceptors (Lipinski definition) is 2. The summed E-state index contributed by atoms with van der Waals surface area (Å²) in [4.78, 5) is 11.9. The maximum absolute atomic E-state index is 11.9. The van der Waals surface area contributed by atoms with Crippen LogP contribution in [0.4, 0.5) is 0 Å². The molecular weight excluding hydrogens is 200 g/mol. The van der Waals surface area contributed by atoms with Crippen LogP contribution in [0.25, 0.3) is 0 Å². The quantitative estimate of drug-likeness (QED) is 0.702. The standard InChI is InChI=1S/C13H28N2O/c1-6-9(4)12(14)13(16)15-10(5)11(7-2)8-3/h9-12H,6-8,14H2,1-5H3,(H,15,16)/t9?,10?,12-/m0/s1. The molecule has 0 rings (SSSR count). The van der Waals surface area contributed by atoms with Gasteiger partial charge in [0.1, 0.15) is 0 Å². The lowest BCUT2D eigenvalue weighted by atomic mass is 9.94. The fraction of sp³-hybridized carbons (Fsp3) is 0.923. The molecule has 1 amide bonds.